The van der Waals surface area contributed by atoms with Crippen LogP contribution in [0.1, 0.15) is 10.6 Å². The normalized spacial score (nSPS) is 10.0. The molecule has 0 N–H and O–H groups in total. The number of aldehydes is 1. The van der Waals surface area contributed by atoms with E-state index >= 15 is 0 Å². The van der Waals surface area contributed by atoms with Crippen molar-refractivity contribution in [1.29, 1.82) is 0 Å². The van der Waals surface area contributed by atoms with Gasteiger partial charge in [0, 0.05) is 6.20 Å². The zero-order chi connectivity index (χ0) is 9.80. The summed E-state index contributed by atoms with van der Waals surface area (Å²) < 4.78 is 5.17. The summed E-state index contributed by atoms with van der Waals surface area (Å²) in [6.07, 6.45) is 3.79. The fourth-order valence-electron chi connectivity index (χ4n) is 0.895. The number of carbonyl (C=O) groups excluding carboxylic acids is 1. The summed E-state index contributed by atoms with van der Waals surface area (Å²) in [7, 11) is 0. The Morgan fingerprint density at radius 1 is 1.36 bits per heavy atom. The molecule has 0 radical (unpaired) electrons. The third-order valence-corrected chi connectivity index (χ3v) is 2.35. The second-order valence-corrected chi connectivity index (χ2v) is 3.45. The first kappa shape index (κ1) is 8.96. The molecular weight excluding hydrogens is 200 g/mol. The van der Waals surface area contributed by atoms with E-state index in [4.69, 9.17) is 4.42 Å². The summed E-state index contributed by atoms with van der Waals surface area (Å²) >= 11 is 1.35. The van der Waals surface area contributed by atoms with Crippen molar-refractivity contribution in [3.05, 3.63) is 36.5 Å². The van der Waals surface area contributed by atoms with E-state index in [1.807, 2.05) is 0 Å². The van der Waals surface area contributed by atoms with Gasteiger partial charge in [-0.2, -0.15) is 0 Å². The van der Waals surface area contributed by atoms with Gasteiger partial charge in [0.05, 0.1) is 0 Å². The molecule has 14 heavy (non-hydrogen) atoms. The summed E-state index contributed by atoms with van der Waals surface area (Å²) in [5.41, 5.74) is 0. The van der Waals surface area contributed by atoms with Gasteiger partial charge in [-0.1, -0.05) is 0 Å². The maximum atomic E-state index is 10.3. The average Bonchev–Trinajstić information content (AvgIpc) is 2.67. The molecule has 0 aliphatic rings. The predicted octanol–water partition coefficient (Wildman–Crippen LogP) is 2.03. The van der Waals surface area contributed by atoms with Crippen molar-refractivity contribution in [2.75, 3.05) is 0 Å². The van der Waals surface area contributed by atoms with Gasteiger partial charge in [-0.25, -0.2) is 9.97 Å². The van der Waals surface area contributed by atoms with Crippen LogP contribution in [0.3, 0.4) is 0 Å². The van der Waals surface area contributed by atoms with Crippen LogP contribution < -0.4 is 0 Å². The van der Waals surface area contributed by atoms with Gasteiger partial charge in [0.2, 0.25) is 0 Å². The van der Waals surface area contributed by atoms with Crippen LogP contribution in [0.2, 0.25) is 0 Å². The first-order valence-electron chi connectivity index (χ1n) is 3.87. The Bertz CT molecular complexity index is 427. The molecule has 4 nitrogen and oxygen atoms in total. The topological polar surface area (TPSA) is 56.0 Å². The van der Waals surface area contributed by atoms with Gasteiger partial charge in [0.1, 0.15) is 11.4 Å². The van der Waals surface area contributed by atoms with Gasteiger partial charge in [-0.3, -0.25) is 4.79 Å². The van der Waals surface area contributed by atoms with E-state index in [0.29, 0.717) is 17.1 Å². The van der Waals surface area contributed by atoms with Crippen molar-refractivity contribution in [1.82, 2.24) is 9.97 Å². The Morgan fingerprint density at radius 2 is 2.29 bits per heavy atom. The van der Waals surface area contributed by atoms with Crippen molar-refractivity contribution < 1.29 is 9.21 Å². The quantitative estimate of drug-likeness (QED) is 0.568. The zero-order valence-electron chi connectivity index (χ0n) is 7.08. The number of rotatable bonds is 3. The molecule has 2 rings (SSSR count). The molecule has 0 amide bonds. The smallest absolute Gasteiger partial charge is 0.185 e. The lowest BCUT2D eigenvalue weighted by Crippen LogP contribution is -1.78. The molecule has 5 heteroatoms. The van der Waals surface area contributed by atoms with Gasteiger partial charge in [-0.05, 0) is 30.0 Å². The van der Waals surface area contributed by atoms with E-state index < -0.39 is 0 Å². The Kier molecular flexibility index (Phi) is 2.60. The highest BCUT2D eigenvalue weighted by Gasteiger charge is 2.03. The highest BCUT2D eigenvalue weighted by molar-refractivity contribution is 7.99. The van der Waals surface area contributed by atoms with Crippen LogP contribution >= 0.6 is 11.8 Å². The summed E-state index contributed by atoms with van der Waals surface area (Å²) in [6.45, 7) is 0. The molecule has 70 valence electrons. The first-order valence-corrected chi connectivity index (χ1v) is 4.69. The minimum Gasteiger partial charge on any atom is -0.447 e. The molecule has 2 aromatic rings. The van der Waals surface area contributed by atoms with Crippen LogP contribution in [-0.2, 0) is 0 Å². The van der Waals surface area contributed by atoms with Crippen LogP contribution in [0.25, 0.3) is 0 Å². The number of aromatic nitrogens is 2. The maximum Gasteiger partial charge on any atom is 0.185 e. The van der Waals surface area contributed by atoms with Gasteiger partial charge in [-0.15, -0.1) is 0 Å². The van der Waals surface area contributed by atoms with Crippen LogP contribution in [0.15, 0.2) is 45.3 Å². The van der Waals surface area contributed by atoms with E-state index in [1.54, 1.807) is 24.4 Å². The summed E-state index contributed by atoms with van der Waals surface area (Å²) in [4.78, 5) is 18.2. The zero-order valence-corrected chi connectivity index (χ0v) is 7.90. The van der Waals surface area contributed by atoms with E-state index in [1.165, 1.54) is 18.1 Å². The lowest BCUT2D eigenvalue weighted by atomic mass is 10.5. The second-order valence-electron chi connectivity index (χ2n) is 2.42. The summed E-state index contributed by atoms with van der Waals surface area (Å²) in [6, 6.07) is 5.13. The molecule has 0 aliphatic carbocycles. The number of furan rings is 1. The van der Waals surface area contributed by atoms with Crippen molar-refractivity contribution in [2.24, 2.45) is 0 Å². The largest absolute Gasteiger partial charge is 0.447 e. The van der Waals surface area contributed by atoms with Crippen molar-refractivity contribution in [3.63, 3.8) is 0 Å². The number of hydrogen-bond donors (Lipinski definition) is 0. The Hall–Kier alpha value is -1.62. The molecule has 0 fully saturated rings. The van der Waals surface area contributed by atoms with Crippen molar-refractivity contribution in [3.8, 4) is 0 Å². The van der Waals surface area contributed by atoms with Gasteiger partial charge in [0.15, 0.2) is 17.1 Å². The molecule has 0 atom stereocenters. The molecule has 0 aliphatic heterocycles. The van der Waals surface area contributed by atoms with Crippen LogP contribution in [0, 0.1) is 0 Å². The molecule has 0 bridgehead atoms. The van der Waals surface area contributed by atoms with E-state index in [2.05, 4.69) is 9.97 Å². The average molecular weight is 206 g/mol. The van der Waals surface area contributed by atoms with Gasteiger partial charge < -0.3 is 4.42 Å². The molecular formula is C9H6N2O2S. The third kappa shape index (κ3) is 2.00. The van der Waals surface area contributed by atoms with Crippen molar-refractivity contribution in [2.45, 2.75) is 10.1 Å². The van der Waals surface area contributed by atoms with E-state index in [-0.39, 0.29) is 0 Å². The molecule has 0 saturated heterocycles. The molecule has 0 saturated carbocycles. The number of hydrogen-bond acceptors (Lipinski definition) is 5. The fraction of sp³-hybridized carbons (Fsp3) is 0. The first-order chi connectivity index (χ1) is 6.88. The molecule has 2 aromatic heterocycles. The Balaban J connectivity index is 2.15. The standard InChI is InChI=1S/C9H6N2O2S/c12-5-7-1-2-9(13-7)14-8-3-4-10-6-11-8/h1-6H. The lowest BCUT2D eigenvalue weighted by Gasteiger charge is -1.93. The summed E-state index contributed by atoms with van der Waals surface area (Å²) in [5, 5.41) is 1.43. The van der Waals surface area contributed by atoms with Crippen LogP contribution in [0.4, 0.5) is 0 Å². The van der Waals surface area contributed by atoms with E-state index in [9.17, 15) is 4.79 Å². The molecule has 0 aromatic carbocycles. The lowest BCUT2D eigenvalue weighted by molar-refractivity contribution is 0.109. The minimum absolute atomic E-state index is 0.321. The summed E-state index contributed by atoms with van der Waals surface area (Å²) in [5.74, 6) is 0.321. The monoisotopic (exact) mass is 206 g/mol. The number of carbonyl (C=O) groups is 1. The third-order valence-electron chi connectivity index (χ3n) is 1.48. The molecule has 0 spiro atoms. The highest BCUT2D eigenvalue weighted by Crippen LogP contribution is 2.26. The molecule has 0 unspecified atom stereocenters. The van der Waals surface area contributed by atoms with Crippen molar-refractivity contribution >= 4 is 18.0 Å². The van der Waals surface area contributed by atoms with Gasteiger partial charge >= 0.3 is 0 Å². The predicted molar refractivity (Wildman–Crippen MR) is 50.3 cm³/mol. The second kappa shape index (κ2) is 4.06. The molecule has 2 heterocycles. The maximum absolute atomic E-state index is 10.3. The van der Waals surface area contributed by atoms with Crippen LogP contribution in [0.5, 0.6) is 0 Å². The Morgan fingerprint density at radius 3 is 2.93 bits per heavy atom. The van der Waals surface area contributed by atoms with Crippen LogP contribution in [-0.4, -0.2) is 16.3 Å². The highest BCUT2D eigenvalue weighted by atomic mass is 32.2. The van der Waals surface area contributed by atoms with E-state index in [0.717, 1.165) is 5.03 Å². The van der Waals surface area contributed by atoms with Gasteiger partial charge in [0.25, 0.3) is 0 Å². The Labute approximate surface area is 84.4 Å². The number of nitrogens with zero attached hydrogens (tertiary/aromatic N) is 2. The minimum atomic E-state index is 0.321. The fourth-order valence-corrected chi connectivity index (χ4v) is 1.60. The SMILES string of the molecule is O=Cc1ccc(Sc2ccncn2)o1.